The van der Waals surface area contributed by atoms with Gasteiger partial charge < -0.3 is 0 Å². The van der Waals surface area contributed by atoms with Crippen molar-refractivity contribution in [3.63, 3.8) is 0 Å². The fraction of sp³-hybridized carbons (Fsp3) is 0.150. The summed E-state index contributed by atoms with van der Waals surface area (Å²) in [6, 6.07) is 51.9. The Labute approximate surface area is 248 Å². The smallest absolute Gasteiger partial charge is 0.160 e. The maximum Gasteiger partial charge on any atom is 0.160 e. The minimum absolute atomic E-state index is 0.0357. The highest BCUT2D eigenvalue weighted by Crippen LogP contribution is 2.45. The molecule has 0 spiro atoms. The van der Waals surface area contributed by atoms with Crippen LogP contribution in [0.4, 0.5) is 0 Å². The van der Waals surface area contributed by atoms with Crippen LogP contribution < -0.4 is 0 Å². The fourth-order valence-electron chi connectivity index (χ4n) is 6.54. The normalized spacial score (nSPS) is 14.4. The molecule has 0 atom stereocenters. The maximum absolute atomic E-state index is 5.04. The monoisotopic (exact) mass is 542 g/mol. The van der Waals surface area contributed by atoms with E-state index in [0.29, 0.717) is 0 Å². The Kier molecular flexibility index (Phi) is 7.20. The number of hydrogen-bond acceptors (Lipinski definition) is 2. The average molecular weight is 543 g/mol. The van der Waals surface area contributed by atoms with E-state index in [0.717, 1.165) is 33.9 Å². The lowest BCUT2D eigenvalue weighted by molar-refractivity contribution is 0.346. The molecule has 1 aromatic heterocycles. The van der Waals surface area contributed by atoms with Crippen LogP contribution in [0.25, 0.3) is 45.0 Å². The predicted molar refractivity (Wildman–Crippen MR) is 174 cm³/mol. The zero-order valence-corrected chi connectivity index (χ0v) is 23.8. The fourth-order valence-corrected chi connectivity index (χ4v) is 6.54. The van der Waals surface area contributed by atoms with Crippen molar-refractivity contribution in [1.29, 1.82) is 0 Å². The van der Waals surface area contributed by atoms with Crippen LogP contribution in [-0.2, 0) is 5.41 Å². The van der Waals surface area contributed by atoms with Gasteiger partial charge in [0.25, 0.3) is 0 Å². The van der Waals surface area contributed by atoms with E-state index in [4.69, 9.17) is 9.97 Å². The summed E-state index contributed by atoms with van der Waals surface area (Å²) >= 11 is 0. The van der Waals surface area contributed by atoms with Gasteiger partial charge in [-0.3, -0.25) is 0 Å². The second kappa shape index (κ2) is 11.6. The van der Waals surface area contributed by atoms with Crippen LogP contribution in [0.5, 0.6) is 0 Å². The quantitative estimate of drug-likeness (QED) is 0.209. The van der Waals surface area contributed by atoms with Gasteiger partial charge in [-0.2, -0.15) is 0 Å². The Morgan fingerprint density at radius 3 is 1.26 bits per heavy atom. The van der Waals surface area contributed by atoms with Gasteiger partial charge >= 0.3 is 0 Å². The third kappa shape index (κ3) is 5.17. The Balaban J connectivity index is 1.26. The third-order valence-electron chi connectivity index (χ3n) is 8.81. The highest BCUT2D eigenvalue weighted by Gasteiger charge is 2.35. The Bertz CT molecular complexity index is 1690. The molecule has 1 aliphatic carbocycles. The average Bonchev–Trinajstić information content (AvgIpc) is 3.10. The van der Waals surface area contributed by atoms with Crippen LogP contribution in [-0.4, -0.2) is 9.97 Å². The van der Waals surface area contributed by atoms with E-state index in [1.807, 2.05) is 12.1 Å². The summed E-state index contributed by atoms with van der Waals surface area (Å²) in [5, 5.41) is 0. The first kappa shape index (κ1) is 26.1. The largest absolute Gasteiger partial charge is 0.228 e. The number of aromatic nitrogens is 2. The predicted octanol–water partition coefficient (Wildman–Crippen LogP) is 10.4. The van der Waals surface area contributed by atoms with Gasteiger partial charge in [0.2, 0.25) is 0 Å². The van der Waals surface area contributed by atoms with E-state index < -0.39 is 0 Å². The summed E-state index contributed by atoms with van der Waals surface area (Å²) < 4.78 is 0. The molecule has 0 saturated heterocycles. The first-order valence-electron chi connectivity index (χ1n) is 15.1. The molecule has 1 heterocycles. The van der Waals surface area contributed by atoms with Crippen molar-refractivity contribution >= 4 is 0 Å². The standard InChI is InChI=1S/C40H34N2/c1-5-13-30(14-6-1)31-19-23-35(24-20-31)40(27-11-4-12-28-40)36-25-21-34(22-26-36)39-41-37(32-15-7-2-8-16-32)29-38(42-39)33-17-9-3-10-18-33/h1-3,5-10,13-26,29H,4,11-12,27-28H2. The molecule has 1 aliphatic rings. The lowest BCUT2D eigenvalue weighted by Gasteiger charge is -2.39. The van der Waals surface area contributed by atoms with Crippen LogP contribution >= 0.6 is 0 Å². The van der Waals surface area contributed by atoms with Crippen molar-refractivity contribution in [1.82, 2.24) is 9.97 Å². The van der Waals surface area contributed by atoms with E-state index in [-0.39, 0.29) is 5.41 Å². The molecular weight excluding hydrogens is 508 g/mol. The third-order valence-corrected chi connectivity index (χ3v) is 8.81. The molecule has 0 radical (unpaired) electrons. The maximum atomic E-state index is 5.04. The first-order valence-corrected chi connectivity index (χ1v) is 15.1. The molecule has 5 aromatic carbocycles. The molecule has 6 aromatic rings. The van der Waals surface area contributed by atoms with Gasteiger partial charge in [-0.05, 0) is 41.2 Å². The molecule has 42 heavy (non-hydrogen) atoms. The van der Waals surface area contributed by atoms with Gasteiger partial charge in [-0.1, -0.05) is 159 Å². The van der Waals surface area contributed by atoms with Crippen molar-refractivity contribution < 1.29 is 0 Å². The van der Waals surface area contributed by atoms with Gasteiger partial charge in [-0.25, -0.2) is 9.97 Å². The molecule has 7 rings (SSSR count). The van der Waals surface area contributed by atoms with Crippen molar-refractivity contribution in [2.24, 2.45) is 0 Å². The van der Waals surface area contributed by atoms with Crippen LogP contribution in [0.1, 0.15) is 43.2 Å². The number of nitrogens with zero attached hydrogens (tertiary/aromatic N) is 2. The van der Waals surface area contributed by atoms with Crippen molar-refractivity contribution in [2.45, 2.75) is 37.5 Å². The molecule has 2 nitrogen and oxygen atoms in total. The SMILES string of the molecule is c1ccc(-c2ccc(C3(c4ccc(-c5nc(-c6ccccc6)cc(-c6ccccc6)n5)cc4)CCCCC3)cc2)cc1. The van der Waals surface area contributed by atoms with Crippen LogP contribution in [0.15, 0.2) is 146 Å². The zero-order chi connectivity index (χ0) is 28.2. The first-order chi connectivity index (χ1) is 20.8. The zero-order valence-electron chi connectivity index (χ0n) is 23.8. The van der Waals surface area contributed by atoms with E-state index in [2.05, 4.69) is 133 Å². The molecule has 0 aliphatic heterocycles. The van der Waals surface area contributed by atoms with Crippen molar-refractivity contribution in [3.05, 3.63) is 157 Å². The second-order valence-corrected chi connectivity index (χ2v) is 11.4. The van der Waals surface area contributed by atoms with Crippen LogP contribution in [0.3, 0.4) is 0 Å². The summed E-state index contributed by atoms with van der Waals surface area (Å²) in [5.41, 5.74) is 10.5. The molecule has 0 unspecified atom stereocenters. The Morgan fingerprint density at radius 2 is 0.786 bits per heavy atom. The van der Waals surface area contributed by atoms with E-state index >= 15 is 0 Å². The summed E-state index contributed by atoms with van der Waals surface area (Å²) in [6.45, 7) is 0. The number of benzene rings is 5. The molecule has 1 saturated carbocycles. The summed E-state index contributed by atoms with van der Waals surface area (Å²) in [5.74, 6) is 0.756. The van der Waals surface area contributed by atoms with E-state index in [1.165, 1.54) is 54.4 Å². The summed E-state index contributed by atoms with van der Waals surface area (Å²) in [4.78, 5) is 10.1. The molecule has 0 N–H and O–H groups in total. The minimum atomic E-state index is 0.0357. The molecular formula is C40H34N2. The van der Waals surface area contributed by atoms with Gasteiger partial charge in [0, 0.05) is 22.1 Å². The van der Waals surface area contributed by atoms with Gasteiger partial charge in [0.05, 0.1) is 11.4 Å². The topological polar surface area (TPSA) is 25.8 Å². The molecule has 1 fully saturated rings. The Morgan fingerprint density at radius 1 is 0.381 bits per heavy atom. The van der Waals surface area contributed by atoms with Gasteiger partial charge in [-0.15, -0.1) is 0 Å². The molecule has 204 valence electrons. The highest BCUT2D eigenvalue weighted by molar-refractivity contribution is 5.72. The highest BCUT2D eigenvalue weighted by atomic mass is 14.9. The van der Waals surface area contributed by atoms with Crippen molar-refractivity contribution in [2.75, 3.05) is 0 Å². The summed E-state index contributed by atoms with van der Waals surface area (Å²) in [6.07, 6.45) is 6.17. The van der Waals surface area contributed by atoms with Crippen molar-refractivity contribution in [3.8, 4) is 45.0 Å². The number of hydrogen-bond donors (Lipinski definition) is 0. The van der Waals surface area contributed by atoms with E-state index in [1.54, 1.807) is 0 Å². The summed E-state index contributed by atoms with van der Waals surface area (Å²) in [7, 11) is 0. The van der Waals surface area contributed by atoms with Crippen LogP contribution in [0.2, 0.25) is 0 Å². The molecule has 0 bridgehead atoms. The Hall–Kier alpha value is -4.82. The van der Waals surface area contributed by atoms with E-state index in [9.17, 15) is 0 Å². The van der Waals surface area contributed by atoms with Gasteiger partial charge in [0.1, 0.15) is 0 Å². The lowest BCUT2D eigenvalue weighted by atomic mass is 9.65. The second-order valence-electron chi connectivity index (χ2n) is 11.4. The molecule has 2 heteroatoms. The lowest BCUT2D eigenvalue weighted by Crippen LogP contribution is -2.30. The molecule has 0 amide bonds. The van der Waals surface area contributed by atoms with Gasteiger partial charge in [0.15, 0.2) is 5.82 Å². The van der Waals surface area contributed by atoms with Crippen LogP contribution in [0, 0.1) is 0 Å². The number of rotatable bonds is 6. The minimum Gasteiger partial charge on any atom is -0.228 e.